The number of nitrogens with one attached hydrogen (secondary N) is 1. The first-order chi connectivity index (χ1) is 8.55. The van der Waals surface area contributed by atoms with E-state index in [0.717, 1.165) is 25.9 Å². The van der Waals surface area contributed by atoms with Gasteiger partial charge in [-0.05, 0) is 26.3 Å². The first-order valence-corrected chi connectivity index (χ1v) is 7.70. The van der Waals surface area contributed by atoms with E-state index in [0.29, 0.717) is 6.54 Å². The van der Waals surface area contributed by atoms with Crippen LogP contribution in [0, 0.1) is 0 Å². The molecule has 2 heterocycles. The Morgan fingerprint density at radius 3 is 2.94 bits per heavy atom. The van der Waals surface area contributed by atoms with Crippen molar-refractivity contribution in [3.63, 3.8) is 0 Å². The second kappa shape index (κ2) is 5.38. The minimum atomic E-state index is -3.47. The SMILES string of the molecule is CCn1cnc(S(=O)(=O)N(C)C2CCCNC2)c1. The molecule has 6 nitrogen and oxygen atoms in total. The number of aromatic nitrogens is 2. The molecule has 0 saturated carbocycles. The van der Waals surface area contributed by atoms with Crippen molar-refractivity contribution in [1.29, 1.82) is 0 Å². The molecule has 0 amide bonds. The molecular formula is C11H20N4O2S. The normalized spacial score (nSPS) is 21.4. The quantitative estimate of drug-likeness (QED) is 0.854. The van der Waals surface area contributed by atoms with E-state index in [2.05, 4.69) is 10.3 Å². The van der Waals surface area contributed by atoms with Gasteiger partial charge in [-0.15, -0.1) is 0 Å². The third kappa shape index (κ3) is 2.57. The zero-order valence-electron chi connectivity index (χ0n) is 10.8. The van der Waals surface area contributed by atoms with Crippen molar-refractivity contribution in [3.05, 3.63) is 12.5 Å². The Balaban J connectivity index is 2.18. The molecule has 7 heteroatoms. The molecule has 1 saturated heterocycles. The van der Waals surface area contributed by atoms with Gasteiger partial charge in [-0.3, -0.25) is 0 Å². The summed E-state index contributed by atoms with van der Waals surface area (Å²) in [5.41, 5.74) is 0. The lowest BCUT2D eigenvalue weighted by molar-refractivity contribution is 0.299. The van der Waals surface area contributed by atoms with E-state index in [1.54, 1.807) is 24.1 Å². The molecule has 18 heavy (non-hydrogen) atoms. The van der Waals surface area contributed by atoms with Crippen LogP contribution in [-0.2, 0) is 16.6 Å². The average molecular weight is 272 g/mol. The van der Waals surface area contributed by atoms with Crippen LogP contribution in [0.2, 0.25) is 0 Å². The Kier molecular flexibility index (Phi) is 4.04. The molecule has 102 valence electrons. The van der Waals surface area contributed by atoms with Crippen LogP contribution in [0.5, 0.6) is 0 Å². The molecule has 1 atom stereocenters. The van der Waals surface area contributed by atoms with Crippen molar-refractivity contribution in [1.82, 2.24) is 19.2 Å². The largest absolute Gasteiger partial charge is 0.336 e. The maximum Gasteiger partial charge on any atom is 0.262 e. The molecule has 0 aliphatic carbocycles. The van der Waals surface area contributed by atoms with Crippen LogP contribution in [0.3, 0.4) is 0 Å². The molecule has 0 radical (unpaired) electrons. The highest BCUT2D eigenvalue weighted by atomic mass is 32.2. The molecule has 0 aromatic carbocycles. The first-order valence-electron chi connectivity index (χ1n) is 6.26. The van der Waals surface area contributed by atoms with Gasteiger partial charge in [-0.25, -0.2) is 13.4 Å². The van der Waals surface area contributed by atoms with Gasteiger partial charge >= 0.3 is 0 Å². The highest BCUT2D eigenvalue weighted by Crippen LogP contribution is 2.18. The number of rotatable bonds is 4. The summed E-state index contributed by atoms with van der Waals surface area (Å²) in [5.74, 6) is 0. The van der Waals surface area contributed by atoms with E-state index in [9.17, 15) is 8.42 Å². The Labute approximate surface area is 108 Å². The van der Waals surface area contributed by atoms with Gasteiger partial charge < -0.3 is 9.88 Å². The molecule has 1 fully saturated rings. The maximum absolute atomic E-state index is 12.4. The summed E-state index contributed by atoms with van der Waals surface area (Å²) in [6.45, 7) is 4.35. The van der Waals surface area contributed by atoms with E-state index in [-0.39, 0.29) is 11.1 Å². The number of hydrogen-bond acceptors (Lipinski definition) is 4. The van der Waals surface area contributed by atoms with E-state index in [1.807, 2.05) is 6.92 Å². The van der Waals surface area contributed by atoms with Crippen LogP contribution in [0.25, 0.3) is 0 Å². The summed E-state index contributed by atoms with van der Waals surface area (Å²) in [7, 11) is -1.83. The molecule has 1 aliphatic rings. The Bertz CT molecular complexity index is 491. The zero-order valence-corrected chi connectivity index (χ0v) is 11.7. The fraction of sp³-hybridized carbons (Fsp3) is 0.727. The summed E-state index contributed by atoms with van der Waals surface area (Å²) in [6.07, 6.45) is 5.05. The third-order valence-electron chi connectivity index (χ3n) is 3.40. The molecule has 1 unspecified atom stereocenters. The van der Waals surface area contributed by atoms with Gasteiger partial charge in [0, 0.05) is 32.4 Å². The fourth-order valence-electron chi connectivity index (χ4n) is 2.13. The van der Waals surface area contributed by atoms with Gasteiger partial charge in [0.2, 0.25) is 0 Å². The Morgan fingerprint density at radius 1 is 1.61 bits per heavy atom. The average Bonchev–Trinajstić information content (AvgIpc) is 2.88. The number of hydrogen-bond donors (Lipinski definition) is 1. The Hall–Kier alpha value is -0.920. The van der Waals surface area contributed by atoms with E-state index < -0.39 is 10.0 Å². The van der Waals surface area contributed by atoms with Crippen molar-refractivity contribution < 1.29 is 8.42 Å². The van der Waals surface area contributed by atoms with E-state index in [1.165, 1.54) is 4.31 Å². The lowest BCUT2D eigenvalue weighted by atomic mass is 10.1. The summed E-state index contributed by atoms with van der Waals surface area (Å²) >= 11 is 0. The van der Waals surface area contributed by atoms with Crippen LogP contribution in [0.1, 0.15) is 19.8 Å². The summed E-state index contributed by atoms with van der Waals surface area (Å²) < 4.78 is 28.0. The topological polar surface area (TPSA) is 67.2 Å². The molecule has 1 aromatic heterocycles. The van der Waals surface area contributed by atoms with Gasteiger partial charge in [0.15, 0.2) is 5.03 Å². The van der Waals surface area contributed by atoms with Crippen LogP contribution >= 0.6 is 0 Å². The second-order valence-corrected chi connectivity index (χ2v) is 6.51. The van der Waals surface area contributed by atoms with Crippen molar-refractivity contribution in [2.45, 2.75) is 37.4 Å². The second-order valence-electron chi connectivity index (χ2n) is 4.56. The summed E-state index contributed by atoms with van der Waals surface area (Å²) in [6, 6.07) is 0.0236. The van der Waals surface area contributed by atoms with Gasteiger partial charge in [0.05, 0.1) is 6.33 Å². The molecule has 1 aliphatic heterocycles. The molecule has 1 N–H and O–H groups in total. The van der Waals surface area contributed by atoms with Crippen molar-refractivity contribution >= 4 is 10.0 Å². The molecular weight excluding hydrogens is 252 g/mol. The molecule has 0 spiro atoms. The van der Waals surface area contributed by atoms with E-state index in [4.69, 9.17) is 0 Å². The molecule has 0 bridgehead atoms. The third-order valence-corrected chi connectivity index (χ3v) is 5.20. The van der Waals surface area contributed by atoms with Crippen LogP contribution in [-0.4, -0.2) is 48.5 Å². The number of sulfonamides is 1. The summed E-state index contributed by atoms with van der Waals surface area (Å²) in [5, 5.41) is 3.36. The van der Waals surface area contributed by atoms with Crippen molar-refractivity contribution in [3.8, 4) is 0 Å². The lowest BCUT2D eigenvalue weighted by Crippen LogP contribution is -2.46. The standard InChI is InChI=1S/C11H20N4O2S/c1-3-15-8-11(13-9-15)18(16,17)14(2)10-5-4-6-12-7-10/h8-10,12H,3-7H2,1-2H3. The number of nitrogens with zero attached hydrogens (tertiary/aromatic N) is 3. The Morgan fingerprint density at radius 2 is 2.39 bits per heavy atom. The number of aryl methyl sites for hydroxylation is 1. The monoisotopic (exact) mass is 272 g/mol. The zero-order chi connectivity index (χ0) is 13.2. The number of imidazole rings is 1. The maximum atomic E-state index is 12.4. The molecule has 2 rings (SSSR count). The summed E-state index contributed by atoms with van der Waals surface area (Å²) in [4.78, 5) is 3.99. The highest BCUT2D eigenvalue weighted by Gasteiger charge is 2.30. The lowest BCUT2D eigenvalue weighted by Gasteiger charge is -2.30. The van der Waals surface area contributed by atoms with Crippen LogP contribution < -0.4 is 5.32 Å². The predicted molar refractivity (Wildman–Crippen MR) is 68.7 cm³/mol. The fourth-order valence-corrected chi connectivity index (χ4v) is 3.45. The van der Waals surface area contributed by atoms with Gasteiger partial charge in [0.25, 0.3) is 10.0 Å². The minimum absolute atomic E-state index is 0.0236. The van der Waals surface area contributed by atoms with E-state index >= 15 is 0 Å². The van der Waals surface area contributed by atoms with Crippen molar-refractivity contribution in [2.24, 2.45) is 0 Å². The van der Waals surface area contributed by atoms with Crippen LogP contribution in [0.15, 0.2) is 17.6 Å². The predicted octanol–water partition coefficient (Wildman–Crippen LogP) is 0.275. The van der Waals surface area contributed by atoms with Crippen LogP contribution in [0.4, 0.5) is 0 Å². The number of piperidine rings is 1. The minimum Gasteiger partial charge on any atom is -0.336 e. The van der Waals surface area contributed by atoms with Gasteiger partial charge in [0.1, 0.15) is 0 Å². The number of likely N-dealkylation sites (N-methyl/N-ethyl adjacent to an activating group) is 1. The highest BCUT2D eigenvalue weighted by molar-refractivity contribution is 7.89. The van der Waals surface area contributed by atoms with Gasteiger partial charge in [-0.2, -0.15) is 4.31 Å². The van der Waals surface area contributed by atoms with Gasteiger partial charge in [-0.1, -0.05) is 0 Å². The molecule has 1 aromatic rings. The van der Waals surface area contributed by atoms with Crippen molar-refractivity contribution in [2.75, 3.05) is 20.1 Å². The smallest absolute Gasteiger partial charge is 0.262 e. The first kappa shape index (κ1) is 13.5.